The SMILES string of the molecule is COc1ccc(-c2cc(OC)cc(C#N)c2OC)cc1. The van der Waals surface area contributed by atoms with Crippen LogP contribution in [-0.2, 0) is 0 Å². The van der Waals surface area contributed by atoms with Gasteiger partial charge in [-0.05, 0) is 23.8 Å². The molecular weight excluding hydrogens is 254 g/mol. The van der Waals surface area contributed by atoms with Crippen molar-refractivity contribution in [2.75, 3.05) is 21.3 Å². The summed E-state index contributed by atoms with van der Waals surface area (Å²) in [5, 5.41) is 9.22. The van der Waals surface area contributed by atoms with E-state index >= 15 is 0 Å². The molecule has 0 bridgehead atoms. The maximum Gasteiger partial charge on any atom is 0.144 e. The Labute approximate surface area is 118 Å². The van der Waals surface area contributed by atoms with Gasteiger partial charge in [-0.3, -0.25) is 0 Å². The topological polar surface area (TPSA) is 51.5 Å². The second-order valence-corrected chi connectivity index (χ2v) is 4.10. The van der Waals surface area contributed by atoms with Crippen LogP contribution in [0.15, 0.2) is 36.4 Å². The Bertz CT molecular complexity index is 642. The van der Waals surface area contributed by atoms with Gasteiger partial charge in [-0.2, -0.15) is 5.26 Å². The van der Waals surface area contributed by atoms with Gasteiger partial charge in [0.25, 0.3) is 0 Å². The molecule has 20 heavy (non-hydrogen) atoms. The van der Waals surface area contributed by atoms with Crippen LogP contribution < -0.4 is 14.2 Å². The van der Waals surface area contributed by atoms with Gasteiger partial charge in [-0.1, -0.05) is 12.1 Å². The molecule has 4 nitrogen and oxygen atoms in total. The Morgan fingerprint density at radius 3 is 2.00 bits per heavy atom. The van der Waals surface area contributed by atoms with E-state index in [1.54, 1.807) is 27.4 Å². The summed E-state index contributed by atoms with van der Waals surface area (Å²) in [6.45, 7) is 0. The maximum absolute atomic E-state index is 9.22. The first-order valence-corrected chi connectivity index (χ1v) is 6.04. The predicted molar refractivity (Wildman–Crippen MR) is 76.2 cm³/mol. The summed E-state index contributed by atoms with van der Waals surface area (Å²) in [7, 11) is 4.74. The number of nitrogens with zero attached hydrogens (tertiary/aromatic N) is 1. The van der Waals surface area contributed by atoms with Crippen LogP contribution in [0.3, 0.4) is 0 Å². The van der Waals surface area contributed by atoms with E-state index in [0.29, 0.717) is 17.1 Å². The molecule has 0 atom stereocenters. The molecule has 102 valence electrons. The molecule has 0 unspecified atom stereocenters. The van der Waals surface area contributed by atoms with Crippen molar-refractivity contribution in [2.24, 2.45) is 0 Å². The molecule has 0 fully saturated rings. The van der Waals surface area contributed by atoms with Gasteiger partial charge in [0.2, 0.25) is 0 Å². The van der Waals surface area contributed by atoms with E-state index in [0.717, 1.165) is 16.9 Å². The molecule has 0 aliphatic rings. The third-order valence-corrected chi connectivity index (χ3v) is 3.02. The Balaban J connectivity index is 2.61. The summed E-state index contributed by atoms with van der Waals surface area (Å²) in [6.07, 6.45) is 0. The summed E-state index contributed by atoms with van der Waals surface area (Å²) in [5.41, 5.74) is 2.18. The first-order valence-electron chi connectivity index (χ1n) is 6.04. The Morgan fingerprint density at radius 2 is 1.50 bits per heavy atom. The quantitative estimate of drug-likeness (QED) is 0.855. The Morgan fingerprint density at radius 1 is 0.850 bits per heavy atom. The zero-order valence-electron chi connectivity index (χ0n) is 11.6. The lowest BCUT2D eigenvalue weighted by Gasteiger charge is -2.13. The summed E-state index contributed by atoms with van der Waals surface area (Å²) in [6, 6.07) is 13.2. The molecule has 0 spiro atoms. The highest BCUT2D eigenvalue weighted by atomic mass is 16.5. The van der Waals surface area contributed by atoms with Crippen molar-refractivity contribution in [1.29, 1.82) is 5.26 Å². The second kappa shape index (κ2) is 5.98. The van der Waals surface area contributed by atoms with E-state index < -0.39 is 0 Å². The third-order valence-electron chi connectivity index (χ3n) is 3.02. The molecule has 0 saturated carbocycles. The van der Waals surface area contributed by atoms with Gasteiger partial charge in [0.1, 0.15) is 23.3 Å². The minimum absolute atomic E-state index is 0.442. The molecule has 0 amide bonds. The van der Waals surface area contributed by atoms with Gasteiger partial charge in [-0.15, -0.1) is 0 Å². The fraction of sp³-hybridized carbons (Fsp3) is 0.188. The first-order chi connectivity index (χ1) is 9.73. The van der Waals surface area contributed by atoms with Crippen molar-refractivity contribution in [1.82, 2.24) is 0 Å². The monoisotopic (exact) mass is 269 g/mol. The Hall–Kier alpha value is -2.67. The lowest BCUT2D eigenvalue weighted by atomic mass is 10.0. The van der Waals surface area contributed by atoms with Gasteiger partial charge in [0.05, 0.1) is 26.9 Å². The van der Waals surface area contributed by atoms with Crippen molar-refractivity contribution in [3.05, 3.63) is 42.0 Å². The van der Waals surface area contributed by atoms with E-state index in [1.165, 1.54) is 0 Å². The molecule has 2 aromatic carbocycles. The molecule has 0 aromatic heterocycles. The van der Waals surface area contributed by atoms with Gasteiger partial charge in [0, 0.05) is 11.6 Å². The molecule has 0 radical (unpaired) electrons. The van der Waals surface area contributed by atoms with Gasteiger partial charge >= 0.3 is 0 Å². The highest BCUT2D eigenvalue weighted by Gasteiger charge is 2.13. The standard InChI is InChI=1S/C16H15NO3/c1-18-13-6-4-11(5-7-13)15-9-14(19-2)8-12(10-17)16(15)20-3/h4-9H,1-3H3. The number of rotatable bonds is 4. The van der Waals surface area contributed by atoms with Crippen LogP contribution in [0.25, 0.3) is 11.1 Å². The zero-order chi connectivity index (χ0) is 14.5. The molecule has 0 aliphatic heterocycles. The van der Waals surface area contributed by atoms with Crippen LogP contribution in [0.5, 0.6) is 17.2 Å². The van der Waals surface area contributed by atoms with Crippen LogP contribution in [0.4, 0.5) is 0 Å². The predicted octanol–water partition coefficient (Wildman–Crippen LogP) is 3.25. The lowest BCUT2D eigenvalue weighted by molar-refractivity contribution is 0.403. The largest absolute Gasteiger partial charge is 0.497 e. The maximum atomic E-state index is 9.22. The van der Waals surface area contributed by atoms with Gasteiger partial charge in [0.15, 0.2) is 0 Å². The van der Waals surface area contributed by atoms with Gasteiger partial charge < -0.3 is 14.2 Å². The highest BCUT2D eigenvalue weighted by molar-refractivity contribution is 5.76. The average Bonchev–Trinajstić information content (AvgIpc) is 2.53. The number of methoxy groups -OCH3 is 3. The summed E-state index contributed by atoms with van der Waals surface area (Å²) < 4.78 is 15.7. The van der Waals surface area contributed by atoms with Crippen LogP contribution in [0.1, 0.15) is 5.56 Å². The molecule has 0 saturated heterocycles. The Kier molecular flexibility index (Phi) is 4.11. The fourth-order valence-corrected chi connectivity index (χ4v) is 2.01. The molecule has 2 rings (SSSR count). The number of hydrogen-bond acceptors (Lipinski definition) is 4. The van der Waals surface area contributed by atoms with Crippen LogP contribution in [0, 0.1) is 11.3 Å². The summed E-state index contributed by atoms with van der Waals surface area (Å²) in [4.78, 5) is 0. The lowest BCUT2D eigenvalue weighted by Crippen LogP contribution is -1.94. The van der Waals surface area contributed by atoms with Crippen molar-refractivity contribution >= 4 is 0 Å². The average molecular weight is 269 g/mol. The first kappa shape index (κ1) is 13.8. The number of ether oxygens (including phenoxy) is 3. The zero-order valence-corrected chi connectivity index (χ0v) is 11.6. The number of nitriles is 1. The van der Waals surface area contributed by atoms with Crippen molar-refractivity contribution in [3.8, 4) is 34.4 Å². The van der Waals surface area contributed by atoms with E-state index in [4.69, 9.17) is 14.2 Å². The van der Waals surface area contributed by atoms with Crippen LogP contribution in [0.2, 0.25) is 0 Å². The fourth-order valence-electron chi connectivity index (χ4n) is 2.01. The van der Waals surface area contributed by atoms with E-state index in [-0.39, 0.29) is 0 Å². The van der Waals surface area contributed by atoms with Gasteiger partial charge in [-0.25, -0.2) is 0 Å². The van der Waals surface area contributed by atoms with Crippen LogP contribution in [-0.4, -0.2) is 21.3 Å². The highest BCUT2D eigenvalue weighted by Crippen LogP contribution is 2.37. The molecule has 2 aromatic rings. The third kappa shape index (κ3) is 2.52. The van der Waals surface area contributed by atoms with Crippen LogP contribution >= 0.6 is 0 Å². The van der Waals surface area contributed by atoms with Crippen molar-refractivity contribution in [3.63, 3.8) is 0 Å². The number of benzene rings is 2. The van der Waals surface area contributed by atoms with E-state index in [2.05, 4.69) is 6.07 Å². The summed E-state index contributed by atoms with van der Waals surface area (Å²) >= 11 is 0. The molecule has 0 heterocycles. The minimum atomic E-state index is 0.442. The van der Waals surface area contributed by atoms with Crippen molar-refractivity contribution in [2.45, 2.75) is 0 Å². The molecule has 0 aliphatic carbocycles. The molecular formula is C16H15NO3. The second-order valence-electron chi connectivity index (χ2n) is 4.10. The van der Waals surface area contributed by atoms with Crippen molar-refractivity contribution < 1.29 is 14.2 Å². The number of hydrogen-bond donors (Lipinski definition) is 0. The smallest absolute Gasteiger partial charge is 0.144 e. The molecule has 4 heteroatoms. The molecule has 0 N–H and O–H groups in total. The summed E-state index contributed by atoms with van der Waals surface area (Å²) in [5.74, 6) is 1.93. The van der Waals surface area contributed by atoms with E-state index in [1.807, 2.05) is 30.3 Å². The normalized spacial score (nSPS) is 9.70. The minimum Gasteiger partial charge on any atom is -0.497 e. The van der Waals surface area contributed by atoms with E-state index in [9.17, 15) is 5.26 Å².